The molecule has 0 radical (unpaired) electrons. The lowest BCUT2D eigenvalue weighted by molar-refractivity contribution is 0.724. The molecule has 2 heteroatoms. The molecule has 0 N–H and O–H groups in total. The van der Waals surface area contributed by atoms with Crippen molar-refractivity contribution in [1.29, 1.82) is 0 Å². The van der Waals surface area contributed by atoms with Crippen molar-refractivity contribution in [2.75, 3.05) is 0 Å². The van der Waals surface area contributed by atoms with E-state index in [-0.39, 0.29) is 0 Å². The smallest absolute Gasteiger partial charge is 0.0951 e. The minimum absolute atomic E-state index is 0.567. The van der Waals surface area contributed by atoms with Gasteiger partial charge in [0.05, 0.1) is 6.33 Å². The van der Waals surface area contributed by atoms with E-state index in [2.05, 4.69) is 0 Å². The summed E-state index contributed by atoms with van der Waals surface area (Å²) in [4.78, 5) is 0. The minimum atomic E-state index is 0.567. The van der Waals surface area contributed by atoms with Crippen LogP contribution in [0.3, 0.4) is 0 Å². The zero-order valence-electron chi connectivity index (χ0n) is 8.53. The van der Waals surface area contributed by atoms with Crippen molar-refractivity contribution in [2.24, 2.45) is 0 Å². The van der Waals surface area contributed by atoms with Gasteiger partial charge in [0.25, 0.3) is 0 Å². The van der Waals surface area contributed by atoms with E-state index in [9.17, 15) is 4.39 Å². The van der Waals surface area contributed by atoms with Gasteiger partial charge in [-0.25, -0.2) is 4.39 Å². The summed E-state index contributed by atoms with van der Waals surface area (Å²) in [6, 6.07) is 16.5. The fourth-order valence-electron chi connectivity index (χ4n) is 1.54. The van der Waals surface area contributed by atoms with Crippen LogP contribution < -0.4 is 0 Å². The fraction of sp³-hybridized carbons (Fsp3) is 0. The largest absolute Gasteiger partial charge is 0.215 e. The molecule has 0 heterocycles. The van der Waals surface area contributed by atoms with E-state index in [0.717, 1.165) is 11.1 Å². The van der Waals surface area contributed by atoms with Crippen LogP contribution >= 0.6 is 11.6 Å². The van der Waals surface area contributed by atoms with Crippen molar-refractivity contribution in [3.63, 3.8) is 0 Å². The van der Waals surface area contributed by atoms with Gasteiger partial charge in [0, 0.05) is 10.6 Å². The van der Waals surface area contributed by atoms with Gasteiger partial charge < -0.3 is 0 Å². The highest BCUT2D eigenvalue weighted by Crippen LogP contribution is 2.24. The summed E-state index contributed by atoms with van der Waals surface area (Å²) in [6.07, 6.45) is 0.624. The zero-order chi connectivity index (χ0) is 11.4. The first-order chi connectivity index (χ1) is 7.81. The van der Waals surface area contributed by atoms with Crippen LogP contribution in [0.1, 0.15) is 11.1 Å². The van der Waals surface area contributed by atoms with Gasteiger partial charge in [-0.15, -0.1) is 0 Å². The third-order valence-electron chi connectivity index (χ3n) is 2.35. The third-order valence-corrected chi connectivity index (χ3v) is 2.60. The van der Waals surface area contributed by atoms with Crippen molar-refractivity contribution in [3.05, 3.63) is 77.1 Å². The van der Waals surface area contributed by atoms with E-state index in [0.29, 0.717) is 16.9 Å². The Hall–Kier alpha value is -1.60. The van der Waals surface area contributed by atoms with Gasteiger partial charge in [-0.05, 0) is 23.3 Å². The number of halogens is 2. The predicted molar refractivity (Wildman–Crippen MR) is 66.1 cm³/mol. The van der Waals surface area contributed by atoms with E-state index in [4.69, 9.17) is 11.6 Å². The molecule has 0 saturated heterocycles. The quantitative estimate of drug-likeness (QED) is 0.704. The minimum Gasteiger partial charge on any atom is -0.215 e. The van der Waals surface area contributed by atoms with Crippen LogP contribution in [0.5, 0.6) is 0 Å². The Balaban J connectivity index is 2.42. The Morgan fingerprint density at radius 3 is 2.00 bits per heavy atom. The van der Waals surface area contributed by atoms with Crippen LogP contribution in [0, 0.1) is 0 Å². The molecule has 2 aromatic carbocycles. The maximum atomic E-state index is 12.9. The standard InChI is InChI=1S/C14H10ClF/c15-13-8-6-12(7-9-13)14(10-16)11-4-2-1-3-5-11/h1-10H/b14-10+. The molecular weight excluding hydrogens is 223 g/mol. The molecule has 16 heavy (non-hydrogen) atoms. The average Bonchev–Trinajstić information content (AvgIpc) is 2.34. The van der Waals surface area contributed by atoms with Gasteiger partial charge >= 0.3 is 0 Å². The number of hydrogen-bond acceptors (Lipinski definition) is 0. The van der Waals surface area contributed by atoms with Gasteiger partial charge in [0.2, 0.25) is 0 Å². The highest BCUT2D eigenvalue weighted by molar-refractivity contribution is 6.30. The maximum Gasteiger partial charge on any atom is 0.0951 e. The molecule has 0 aliphatic heterocycles. The summed E-state index contributed by atoms with van der Waals surface area (Å²) >= 11 is 5.79. The maximum absolute atomic E-state index is 12.9. The summed E-state index contributed by atoms with van der Waals surface area (Å²) in [5.41, 5.74) is 2.24. The van der Waals surface area contributed by atoms with Crippen molar-refractivity contribution in [1.82, 2.24) is 0 Å². The molecule has 0 unspecified atom stereocenters. The Kier molecular flexibility index (Phi) is 3.37. The SMILES string of the molecule is F/C=C(\c1ccccc1)c1ccc(Cl)cc1. The lowest BCUT2D eigenvalue weighted by Crippen LogP contribution is -1.86. The molecule has 0 aliphatic carbocycles. The molecular formula is C14H10ClF. The summed E-state index contributed by atoms with van der Waals surface area (Å²) in [6.45, 7) is 0. The van der Waals surface area contributed by atoms with E-state index >= 15 is 0 Å². The normalized spacial score (nSPS) is 11.5. The first kappa shape index (κ1) is 10.9. The zero-order valence-corrected chi connectivity index (χ0v) is 9.29. The second-order valence-electron chi connectivity index (χ2n) is 3.40. The summed E-state index contributed by atoms with van der Waals surface area (Å²) < 4.78 is 12.9. The van der Waals surface area contributed by atoms with Gasteiger partial charge in [-0.1, -0.05) is 54.1 Å². The molecule has 0 fully saturated rings. The molecule has 0 aliphatic rings. The fourth-order valence-corrected chi connectivity index (χ4v) is 1.67. The average molecular weight is 233 g/mol. The van der Waals surface area contributed by atoms with Crippen LogP contribution in [0.4, 0.5) is 4.39 Å². The molecule has 0 bridgehead atoms. The van der Waals surface area contributed by atoms with Crippen LogP contribution in [-0.4, -0.2) is 0 Å². The summed E-state index contributed by atoms with van der Waals surface area (Å²) in [5, 5.41) is 0.648. The second kappa shape index (κ2) is 4.95. The first-order valence-corrected chi connectivity index (χ1v) is 5.31. The molecule has 0 amide bonds. The monoisotopic (exact) mass is 232 g/mol. The van der Waals surface area contributed by atoms with Gasteiger partial charge in [0.1, 0.15) is 0 Å². The van der Waals surface area contributed by atoms with Crippen molar-refractivity contribution >= 4 is 17.2 Å². The molecule has 80 valence electrons. The molecule has 0 nitrogen and oxygen atoms in total. The van der Waals surface area contributed by atoms with Gasteiger partial charge in [0.15, 0.2) is 0 Å². The molecule has 2 aromatic rings. The van der Waals surface area contributed by atoms with Crippen LogP contribution in [-0.2, 0) is 0 Å². The van der Waals surface area contributed by atoms with E-state index in [1.807, 2.05) is 30.3 Å². The third kappa shape index (κ3) is 2.31. The van der Waals surface area contributed by atoms with Gasteiger partial charge in [-0.3, -0.25) is 0 Å². The highest BCUT2D eigenvalue weighted by atomic mass is 35.5. The van der Waals surface area contributed by atoms with Crippen molar-refractivity contribution in [2.45, 2.75) is 0 Å². The lowest BCUT2D eigenvalue weighted by atomic mass is 10.00. The van der Waals surface area contributed by atoms with E-state index in [1.165, 1.54) is 0 Å². The van der Waals surface area contributed by atoms with E-state index < -0.39 is 0 Å². The van der Waals surface area contributed by atoms with Crippen LogP contribution in [0.2, 0.25) is 5.02 Å². The Morgan fingerprint density at radius 1 is 0.875 bits per heavy atom. The highest BCUT2D eigenvalue weighted by Gasteiger charge is 2.04. The number of rotatable bonds is 2. The van der Waals surface area contributed by atoms with Gasteiger partial charge in [-0.2, -0.15) is 0 Å². The molecule has 0 aromatic heterocycles. The molecule has 0 spiro atoms. The van der Waals surface area contributed by atoms with Crippen molar-refractivity contribution in [3.8, 4) is 0 Å². The topological polar surface area (TPSA) is 0 Å². The Labute approximate surface area is 99.0 Å². The van der Waals surface area contributed by atoms with E-state index in [1.54, 1.807) is 24.3 Å². The first-order valence-electron chi connectivity index (χ1n) is 4.93. The molecule has 2 rings (SSSR count). The van der Waals surface area contributed by atoms with Crippen LogP contribution in [0.15, 0.2) is 60.9 Å². The Morgan fingerprint density at radius 2 is 1.44 bits per heavy atom. The number of benzene rings is 2. The Bertz CT molecular complexity index is 486. The number of hydrogen-bond donors (Lipinski definition) is 0. The second-order valence-corrected chi connectivity index (χ2v) is 3.83. The summed E-state index contributed by atoms with van der Waals surface area (Å²) in [5.74, 6) is 0. The lowest BCUT2D eigenvalue weighted by Gasteiger charge is -2.06. The molecule has 0 saturated carbocycles. The summed E-state index contributed by atoms with van der Waals surface area (Å²) in [7, 11) is 0. The molecule has 0 atom stereocenters. The predicted octanol–water partition coefficient (Wildman–Crippen LogP) is 4.70. The van der Waals surface area contributed by atoms with Crippen molar-refractivity contribution < 1.29 is 4.39 Å². The van der Waals surface area contributed by atoms with Crippen LogP contribution in [0.25, 0.3) is 5.57 Å².